The fourth-order valence-electron chi connectivity index (χ4n) is 3.35. The highest BCUT2D eigenvalue weighted by atomic mass is 35.5. The van der Waals surface area contributed by atoms with Gasteiger partial charge in [-0.3, -0.25) is 4.79 Å². The number of halogens is 1. The molecular formula is C28H30ClNO5. The summed E-state index contributed by atoms with van der Waals surface area (Å²) in [5.41, 5.74) is 3.05. The third-order valence-corrected chi connectivity index (χ3v) is 5.18. The fraction of sp³-hybridized carbons (Fsp3) is 0.250. The van der Waals surface area contributed by atoms with Crippen LogP contribution < -0.4 is 14.8 Å². The Morgan fingerprint density at radius 2 is 1.09 bits per heavy atom. The van der Waals surface area contributed by atoms with Crippen molar-refractivity contribution in [2.45, 2.75) is 46.7 Å². The van der Waals surface area contributed by atoms with Crippen LogP contribution in [-0.2, 0) is 0 Å². The van der Waals surface area contributed by atoms with Crippen LogP contribution in [-0.4, -0.2) is 29.8 Å². The number of carbonyl (C=O) groups is 3. The number of ketones is 1. The predicted octanol–water partition coefficient (Wildman–Crippen LogP) is 5.73. The van der Waals surface area contributed by atoms with Crippen molar-refractivity contribution in [3.63, 3.8) is 0 Å². The third-order valence-electron chi connectivity index (χ3n) is 5.18. The normalized spacial score (nSPS) is 11.4. The molecule has 3 aromatic carbocycles. The average molecular weight is 496 g/mol. The summed E-state index contributed by atoms with van der Waals surface area (Å²) in [4.78, 5) is 38.4. The Morgan fingerprint density at radius 1 is 0.657 bits per heavy atom. The first-order chi connectivity index (χ1) is 16.1. The van der Waals surface area contributed by atoms with Crippen molar-refractivity contribution in [1.29, 1.82) is 0 Å². The number of nitrogens with one attached hydrogen (secondary N) is 1. The monoisotopic (exact) mass is 495 g/mol. The minimum atomic E-state index is -0.620. The lowest BCUT2D eigenvalue weighted by molar-refractivity contribution is 0.0682. The number of benzene rings is 3. The van der Waals surface area contributed by atoms with Gasteiger partial charge in [0.05, 0.1) is 17.2 Å². The first-order valence-corrected chi connectivity index (χ1v) is 11.2. The van der Waals surface area contributed by atoms with Crippen molar-refractivity contribution in [2.75, 3.05) is 0 Å². The summed E-state index contributed by atoms with van der Waals surface area (Å²) in [6, 6.07) is 18.0. The second-order valence-electron chi connectivity index (χ2n) is 8.58. The van der Waals surface area contributed by atoms with Crippen molar-refractivity contribution >= 4 is 30.1 Å². The quantitative estimate of drug-likeness (QED) is 0.244. The van der Waals surface area contributed by atoms with Gasteiger partial charge in [0.2, 0.25) is 0 Å². The highest BCUT2D eigenvalue weighted by Gasteiger charge is 2.21. The third kappa shape index (κ3) is 7.50. The molecule has 7 heteroatoms. The van der Waals surface area contributed by atoms with E-state index in [9.17, 15) is 14.4 Å². The summed E-state index contributed by atoms with van der Waals surface area (Å²) in [5.74, 6) is -1.34. The molecule has 35 heavy (non-hydrogen) atoms. The molecule has 0 fully saturated rings. The zero-order valence-corrected chi connectivity index (χ0v) is 21.3. The van der Waals surface area contributed by atoms with E-state index in [1.165, 1.54) is 12.1 Å². The fourth-order valence-corrected chi connectivity index (χ4v) is 3.35. The molecule has 0 amide bonds. The molecular weight excluding hydrogens is 466 g/mol. The van der Waals surface area contributed by atoms with Crippen molar-refractivity contribution in [3.8, 4) is 11.5 Å². The predicted molar refractivity (Wildman–Crippen MR) is 138 cm³/mol. The number of Topliss-reactive ketones (excluding diaryl/α,β-unsaturated/α-hetero) is 1. The Hall–Kier alpha value is -3.48. The smallest absolute Gasteiger partial charge is 0.343 e. The van der Waals surface area contributed by atoms with E-state index in [1.807, 2.05) is 27.7 Å². The van der Waals surface area contributed by atoms with Gasteiger partial charge in [-0.1, -0.05) is 49.2 Å². The maximum Gasteiger partial charge on any atom is 0.343 e. The lowest BCUT2D eigenvalue weighted by atomic mass is 10.0. The maximum absolute atomic E-state index is 12.9. The molecule has 1 unspecified atom stereocenters. The molecule has 3 rings (SSSR count). The molecule has 3 aromatic rings. The van der Waals surface area contributed by atoms with Gasteiger partial charge in [0.25, 0.3) is 0 Å². The molecule has 0 heterocycles. The number of aryl methyl sites for hydroxylation is 2. The number of hydrogen-bond donors (Lipinski definition) is 1. The van der Waals surface area contributed by atoms with Crippen LogP contribution in [0.4, 0.5) is 0 Å². The number of ether oxygens (including phenoxy) is 2. The molecule has 0 spiro atoms. The van der Waals surface area contributed by atoms with E-state index in [2.05, 4.69) is 5.32 Å². The Kier molecular flexibility index (Phi) is 9.75. The SMILES string of the molecule is Cc1ccc(C(=O)Oc2ccc(C(=O)C(C)NC(C)C)cc2OC(=O)c2ccc(C)cc2)cc1.Cl. The van der Waals surface area contributed by atoms with Crippen LogP contribution in [0.1, 0.15) is 63.0 Å². The lowest BCUT2D eigenvalue weighted by Crippen LogP contribution is -2.38. The van der Waals surface area contributed by atoms with Gasteiger partial charge in [0, 0.05) is 11.6 Å². The molecule has 0 saturated heterocycles. The molecule has 0 aromatic heterocycles. The van der Waals surface area contributed by atoms with Gasteiger partial charge >= 0.3 is 11.9 Å². The summed E-state index contributed by atoms with van der Waals surface area (Å²) in [6.07, 6.45) is 0. The van der Waals surface area contributed by atoms with E-state index in [-0.39, 0.29) is 35.7 Å². The van der Waals surface area contributed by atoms with Gasteiger partial charge in [-0.25, -0.2) is 9.59 Å². The van der Waals surface area contributed by atoms with E-state index in [0.29, 0.717) is 16.7 Å². The highest BCUT2D eigenvalue weighted by molar-refractivity contribution is 6.01. The van der Waals surface area contributed by atoms with E-state index in [0.717, 1.165) is 11.1 Å². The summed E-state index contributed by atoms with van der Waals surface area (Å²) < 4.78 is 11.1. The summed E-state index contributed by atoms with van der Waals surface area (Å²) >= 11 is 0. The van der Waals surface area contributed by atoms with E-state index in [4.69, 9.17) is 9.47 Å². The second-order valence-corrected chi connectivity index (χ2v) is 8.58. The van der Waals surface area contributed by atoms with Crippen LogP contribution >= 0.6 is 12.4 Å². The zero-order valence-electron chi connectivity index (χ0n) is 20.5. The summed E-state index contributed by atoms with van der Waals surface area (Å²) in [6.45, 7) is 9.51. The van der Waals surface area contributed by atoms with Crippen molar-refractivity contribution in [2.24, 2.45) is 0 Å². The number of esters is 2. The van der Waals surface area contributed by atoms with Gasteiger partial charge in [0.15, 0.2) is 17.3 Å². The zero-order chi connectivity index (χ0) is 24.8. The summed E-state index contributed by atoms with van der Waals surface area (Å²) in [5, 5.41) is 3.16. The molecule has 6 nitrogen and oxygen atoms in total. The number of hydrogen-bond acceptors (Lipinski definition) is 6. The number of carbonyl (C=O) groups excluding carboxylic acids is 3. The van der Waals surface area contributed by atoms with Gasteiger partial charge < -0.3 is 14.8 Å². The van der Waals surface area contributed by atoms with Gasteiger partial charge in [-0.05, 0) is 63.2 Å². The van der Waals surface area contributed by atoms with Crippen molar-refractivity contribution in [1.82, 2.24) is 5.32 Å². The Morgan fingerprint density at radius 3 is 1.54 bits per heavy atom. The largest absolute Gasteiger partial charge is 0.419 e. The Labute approximate surface area is 212 Å². The molecule has 184 valence electrons. The average Bonchev–Trinajstić information content (AvgIpc) is 2.80. The topological polar surface area (TPSA) is 81.7 Å². The van der Waals surface area contributed by atoms with Crippen LogP contribution in [0, 0.1) is 13.8 Å². The van der Waals surface area contributed by atoms with Crippen molar-refractivity contribution in [3.05, 3.63) is 94.5 Å². The minimum absolute atomic E-state index is 0. The molecule has 0 bridgehead atoms. The molecule has 0 aliphatic heterocycles. The minimum Gasteiger partial charge on any atom is -0.419 e. The molecule has 0 radical (unpaired) electrons. The Balaban J connectivity index is 0.00000432. The van der Waals surface area contributed by atoms with E-state index in [1.54, 1.807) is 61.5 Å². The van der Waals surface area contributed by atoms with Gasteiger partial charge in [-0.2, -0.15) is 0 Å². The molecule has 1 atom stereocenters. The summed E-state index contributed by atoms with van der Waals surface area (Å²) in [7, 11) is 0. The second kappa shape index (κ2) is 12.3. The van der Waals surface area contributed by atoms with Crippen LogP contribution in [0.3, 0.4) is 0 Å². The van der Waals surface area contributed by atoms with Crippen molar-refractivity contribution < 1.29 is 23.9 Å². The Bertz CT molecular complexity index is 1190. The maximum atomic E-state index is 12.9. The lowest BCUT2D eigenvalue weighted by Gasteiger charge is -2.17. The van der Waals surface area contributed by atoms with E-state index >= 15 is 0 Å². The molecule has 1 N–H and O–H groups in total. The van der Waals surface area contributed by atoms with Crippen LogP contribution in [0.2, 0.25) is 0 Å². The van der Waals surface area contributed by atoms with Crippen LogP contribution in [0.5, 0.6) is 11.5 Å². The molecule has 0 aliphatic carbocycles. The number of rotatable bonds is 8. The van der Waals surface area contributed by atoms with E-state index < -0.39 is 18.0 Å². The van der Waals surface area contributed by atoms with Crippen LogP contribution in [0.15, 0.2) is 66.7 Å². The first kappa shape index (κ1) is 27.8. The molecule has 0 aliphatic rings. The van der Waals surface area contributed by atoms with Gasteiger partial charge in [0.1, 0.15) is 0 Å². The van der Waals surface area contributed by atoms with Gasteiger partial charge in [-0.15, -0.1) is 12.4 Å². The highest BCUT2D eigenvalue weighted by Crippen LogP contribution is 2.31. The van der Waals surface area contributed by atoms with Crippen LogP contribution in [0.25, 0.3) is 0 Å². The standard InChI is InChI=1S/C28H29NO5.ClH/c1-17(2)29-20(5)26(30)23-14-15-24(33-27(31)21-10-6-18(3)7-11-21)25(16-23)34-28(32)22-12-8-19(4)9-13-22;/h6-17,20,29H,1-5H3;1H. The first-order valence-electron chi connectivity index (χ1n) is 11.2. The molecule has 0 saturated carbocycles.